The van der Waals surface area contributed by atoms with Crippen LogP contribution < -0.4 is 4.74 Å². The van der Waals surface area contributed by atoms with Crippen LogP contribution >= 0.6 is 34.8 Å². The van der Waals surface area contributed by atoms with Crippen LogP contribution in [-0.2, 0) is 10.0 Å². The average Bonchev–Trinajstić information content (AvgIpc) is 2.99. The molecule has 0 radical (unpaired) electrons. The van der Waals surface area contributed by atoms with Crippen LogP contribution in [0.25, 0.3) is 4.85 Å². The van der Waals surface area contributed by atoms with Gasteiger partial charge in [0.1, 0.15) is 16.6 Å². The molecule has 8 nitrogen and oxygen atoms in total. The average molecular weight is 479 g/mol. The normalized spacial score (nSPS) is 22.4. The summed E-state index contributed by atoms with van der Waals surface area (Å²) in [5, 5.41) is 20.3. The van der Waals surface area contributed by atoms with Crippen LogP contribution in [0, 0.1) is 6.57 Å². The Bertz CT molecular complexity index is 1050. The third-order valence-electron chi connectivity index (χ3n) is 4.37. The van der Waals surface area contributed by atoms with Crippen LogP contribution in [0.3, 0.4) is 0 Å². The van der Waals surface area contributed by atoms with Crippen molar-refractivity contribution >= 4 is 50.6 Å². The molecule has 2 heterocycles. The van der Waals surface area contributed by atoms with Crippen molar-refractivity contribution in [3.05, 3.63) is 56.9 Å². The Morgan fingerprint density at radius 2 is 1.97 bits per heavy atom. The van der Waals surface area contributed by atoms with E-state index in [9.17, 15) is 18.6 Å². The lowest BCUT2D eigenvalue weighted by molar-refractivity contribution is -0.0641. The summed E-state index contributed by atoms with van der Waals surface area (Å²) < 4.78 is 32.8. The van der Waals surface area contributed by atoms with Gasteiger partial charge in [0.2, 0.25) is 10.0 Å². The van der Waals surface area contributed by atoms with Crippen molar-refractivity contribution < 1.29 is 23.4 Å². The number of aromatic nitrogens is 1. The minimum Gasteiger partial charge on any atom is -0.482 e. The van der Waals surface area contributed by atoms with Gasteiger partial charge in [-0.15, -0.1) is 4.98 Å². The number of hydrogen-bond acceptors (Lipinski definition) is 6. The second-order valence-electron chi connectivity index (χ2n) is 6.33. The molecule has 1 aliphatic rings. The zero-order chi connectivity index (χ0) is 21.4. The van der Waals surface area contributed by atoms with E-state index in [0.29, 0.717) is 0 Å². The third-order valence-corrected chi connectivity index (χ3v) is 7.32. The van der Waals surface area contributed by atoms with Gasteiger partial charge < -0.3 is 19.8 Å². The van der Waals surface area contributed by atoms with E-state index in [1.165, 1.54) is 30.5 Å². The van der Waals surface area contributed by atoms with E-state index in [0.717, 1.165) is 4.31 Å². The van der Waals surface area contributed by atoms with Gasteiger partial charge in [0.05, 0.1) is 23.2 Å². The Labute approximate surface area is 182 Å². The number of aliphatic hydroxyl groups excluding tert-OH is 1. The Balaban J connectivity index is 1.91. The zero-order valence-electron chi connectivity index (χ0n) is 14.6. The van der Waals surface area contributed by atoms with Gasteiger partial charge in [-0.3, -0.25) is 0 Å². The number of halogens is 3. The standard InChI is InChI=1S/C17H14Cl3N3O5S/c1-21-15-3-2-11(6-22-15)28-14-7-23(8-17(14,25)9-24)29(26,27)16-12(19)4-10(18)5-13(16)20/h2-6,14,24-25H,7-9H2/t14-,17+/m0/s1. The molecule has 154 valence electrons. The maximum Gasteiger partial charge on any atom is 0.269 e. The predicted octanol–water partition coefficient (Wildman–Crippen LogP) is 2.77. The highest BCUT2D eigenvalue weighted by atomic mass is 35.5. The Morgan fingerprint density at radius 1 is 1.31 bits per heavy atom. The van der Waals surface area contributed by atoms with Crippen molar-refractivity contribution in [2.24, 2.45) is 0 Å². The van der Waals surface area contributed by atoms with Crippen LogP contribution in [0.1, 0.15) is 0 Å². The zero-order valence-corrected chi connectivity index (χ0v) is 17.7. The molecule has 0 unspecified atom stereocenters. The first kappa shape index (κ1) is 22.1. The minimum atomic E-state index is -4.23. The minimum absolute atomic E-state index is 0.150. The van der Waals surface area contributed by atoms with Gasteiger partial charge in [0.15, 0.2) is 11.9 Å². The third kappa shape index (κ3) is 4.29. The molecular weight excluding hydrogens is 465 g/mol. The number of hydrogen-bond donors (Lipinski definition) is 2. The van der Waals surface area contributed by atoms with Crippen molar-refractivity contribution in [1.29, 1.82) is 0 Å². The van der Waals surface area contributed by atoms with Crippen LogP contribution in [0.5, 0.6) is 5.75 Å². The molecule has 1 aromatic heterocycles. The number of pyridine rings is 1. The molecule has 1 aliphatic heterocycles. The van der Waals surface area contributed by atoms with Gasteiger partial charge in [0, 0.05) is 11.6 Å². The van der Waals surface area contributed by atoms with E-state index in [1.54, 1.807) is 0 Å². The molecule has 0 bridgehead atoms. The number of sulfonamides is 1. The maximum atomic E-state index is 13.1. The number of rotatable bonds is 5. The summed E-state index contributed by atoms with van der Waals surface area (Å²) in [6, 6.07) is 5.36. The fraction of sp³-hybridized carbons (Fsp3) is 0.294. The molecule has 29 heavy (non-hydrogen) atoms. The molecule has 12 heteroatoms. The lowest BCUT2D eigenvalue weighted by Gasteiger charge is -2.26. The lowest BCUT2D eigenvalue weighted by Crippen LogP contribution is -2.48. The first-order valence-electron chi connectivity index (χ1n) is 8.09. The van der Waals surface area contributed by atoms with Gasteiger partial charge in [-0.25, -0.2) is 8.42 Å². The first-order chi connectivity index (χ1) is 13.6. The molecule has 1 fully saturated rings. The Hall–Kier alpha value is -1.64. The number of nitrogens with zero attached hydrogens (tertiary/aromatic N) is 3. The van der Waals surface area contributed by atoms with E-state index in [1.807, 2.05) is 0 Å². The summed E-state index contributed by atoms with van der Waals surface area (Å²) in [4.78, 5) is 6.67. The summed E-state index contributed by atoms with van der Waals surface area (Å²) in [5.41, 5.74) is -1.88. The van der Waals surface area contributed by atoms with Crippen molar-refractivity contribution in [3.8, 4) is 5.75 Å². The van der Waals surface area contributed by atoms with Crippen LogP contribution in [0.15, 0.2) is 35.4 Å². The van der Waals surface area contributed by atoms with Gasteiger partial charge in [-0.1, -0.05) is 41.4 Å². The van der Waals surface area contributed by atoms with E-state index < -0.39 is 34.9 Å². The summed E-state index contributed by atoms with van der Waals surface area (Å²) in [6.07, 6.45) is 0.169. The number of aliphatic hydroxyl groups is 2. The van der Waals surface area contributed by atoms with Gasteiger partial charge in [0.25, 0.3) is 5.82 Å². The largest absolute Gasteiger partial charge is 0.482 e. The predicted molar refractivity (Wildman–Crippen MR) is 107 cm³/mol. The first-order valence-corrected chi connectivity index (χ1v) is 10.7. The molecule has 0 saturated carbocycles. The number of β-amino-alcohol motifs (C(OH)–C–C–N with tert-alkyl or cyclic N) is 1. The SMILES string of the molecule is [C-]#[N+]c1ccc(O[C@H]2CN(S(=O)(=O)c3c(Cl)cc(Cl)cc3Cl)C[C@@]2(O)CO)cn1. The van der Waals surface area contributed by atoms with Gasteiger partial charge in [-0.05, 0) is 24.3 Å². The summed E-state index contributed by atoms with van der Waals surface area (Å²) in [6.45, 7) is 5.43. The highest BCUT2D eigenvalue weighted by Crippen LogP contribution is 2.37. The molecular formula is C17H14Cl3N3O5S. The van der Waals surface area contributed by atoms with Crippen molar-refractivity contribution in [2.45, 2.75) is 16.6 Å². The van der Waals surface area contributed by atoms with Crippen molar-refractivity contribution in [2.75, 3.05) is 19.7 Å². The monoisotopic (exact) mass is 477 g/mol. The molecule has 1 aromatic carbocycles. The highest BCUT2D eigenvalue weighted by molar-refractivity contribution is 7.89. The van der Waals surface area contributed by atoms with Gasteiger partial charge >= 0.3 is 0 Å². The van der Waals surface area contributed by atoms with E-state index >= 15 is 0 Å². The molecule has 1 saturated heterocycles. The number of ether oxygens (including phenoxy) is 1. The topological polar surface area (TPSA) is 104 Å². The van der Waals surface area contributed by atoms with Crippen LogP contribution in [-0.4, -0.2) is 59.3 Å². The molecule has 3 rings (SSSR count). The van der Waals surface area contributed by atoms with Crippen molar-refractivity contribution in [1.82, 2.24) is 9.29 Å². The fourth-order valence-corrected chi connectivity index (χ4v) is 5.88. The summed E-state index contributed by atoms with van der Waals surface area (Å²) in [7, 11) is -4.23. The van der Waals surface area contributed by atoms with E-state index in [4.69, 9.17) is 46.1 Å². The fourth-order valence-electron chi connectivity index (χ4n) is 2.89. The van der Waals surface area contributed by atoms with E-state index in [2.05, 4.69) is 9.83 Å². The van der Waals surface area contributed by atoms with Gasteiger partial charge in [-0.2, -0.15) is 4.31 Å². The van der Waals surface area contributed by atoms with Crippen molar-refractivity contribution in [3.63, 3.8) is 0 Å². The molecule has 2 atom stereocenters. The van der Waals surface area contributed by atoms with Crippen LogP contribution in [0.2, 0.25) is 15.1 Å². The Kier molecular flexibility index (Phi) is 6.27. The molecule has 0 amide bonds. The number of benzene rings is 1. The van der Waals surface area contributed by atoms with E-state index in [-0.39, 0.29) is 38.1 Å². The lowest BCUT2D eigenvalue weighted by atomic mass is 10.0. The Morgan fingerprint density at radius 3 is 2.48 bits per heavy atom. The summed E-state index contributed by atoms with van der Waals surface area (Å²) in [5.74, 6) is 0.355. The molecule has 2 N–H and O–H groups in total. The maximum absolute atomic E-state index is 13.1. The molecule has 0 spiro atoms. The second-order valence-corrected chi connectivity index (χ2v) is 9.45. The van der Waals surface area contributed by atoms with Crippen LogP contribution in [0.4, 0.5) is 5.82 Å². The smallest absolute Gasteiger partial charge is 0.269 e. The highest BCUT2D eigenvalue weighted by Gasteiger charge is 2.51. The molecule has 2 aromatic rings. The quantitative estimate of drug-likeness (QED) is 0.641. The molecule has 0 aliphatic carbocycles. The summed E-state index contributed by atoms with van der Waals surface area (Å²) >= 11 is 17.9. The second kappa shape index (κ2) is 8.24.